The Labute approximate surface area is 212 Å². The summed E-state index contributed by atoms with van der Waals surface area (Å²) in [6.07, 6.45) is 2.68. The summed E-state index contributed by atoms with van der Waals surface area (Å²) in [6, 6.07) is 4.77. The van der Waals surface area contributed by atoms with Crippen molar-refractivity contribution in [1.82, 2.24) is 24.6 Å². The Hall–Kier alpha value is -3.35. The largest absolute Gasteiger partial charge is 0.442 e. The van der Waals surface area contributed by atoms with Gasteiger partial charge in [-0.15, -0.1) is 11.3 Å². The third-order valence-electron chi connectivity index (χ3n) is 5.78. The lowest BCUT2D eigenvalue weighted by molar-refractivity contribution is -0.118. The number of fused-ring (bicyclic) bond motifs is 1. The van der Waals surface area contributed by atoms with Crippen molar-refractivity contribution in [3.63, 3.8) is 0 Å². The molecule has 36 heavy (non-hydrogen) atoms. The van der Waals surface area contributed by atoms with E-state index in [0.717, 1.165) is 0 Å². The number of aliphatic hydroxyl groups excluding tert-OH is 1. The van der Waals surface area contributed by atoms with E-state index in [9.17, 15) is 19.5 Å². The molecule has 0 radical (unpaired) electrons. The van der Waals surface area contributed by atoms with Crippen LogP contribution >= 0.6 is 11.3 Å². The molecular weight excluding hydrogens is 484 g/mol. The molecule has 192 valence electrons. The molecule has 3 aromatic rings. The Kier molecular flexibility index (Phi) is 7.67. The highest BCUT2D eigenvalue weighted by molar-refractivity contribution is 7.11. The summed E-state index contributed by atoms with van der Waals surface area (Å²) >= 11 is 1.31. The molecule has 0 saturated carbocycles. The minimum absolute atomic E-state index is 0.0895. The van der Waals surface area contributed by atoms with Crippen LogP contribution in [0, 0.1) is 0 Å². The number of piperazine rings is 1. The van der Waals surface area contributed by atoms with Gasteiger partial charge < -0.3 is 20.1 Å². The van der Waals surface area contributed by atoms with Crippen LogP contribution in [-0.4, -0.2) is 92.0 Å². The number of nitrogens with one attached hydrogen (secondary N) is 1. The van der Waals surface area contributed by atoms with Gasteiger partial charge >= 0.3 is 6.09 Å². The number of amides is 2. The van der Waals surface area contributed by atoms with Crippen molar-refractivity contribution in [3.8, 4) is 0 Å². The molecule has 0 bridgehead atoms. The van der Waals surface area contributed by atoms with Crippen molar-refractivity contribution in [3.05, 3.63) is 41.0 Å². The smallest absolute Gasteiger partial charge is 0.435 e. The summed E-state index contributed by atoms with van der Waals surface area (Å²) in [5, 5.41) is 19.8. The first kappa shape index (κ1) is 25.7. The quantitative estimate of drug-likeness (QED) is 0.513. The maximum absolute atomic E-state index is 12.7. The number of ether oxygens (including phenoxy) is 1. The summed E-state index contributed by atoms with van der Waals surface area (Å²) in [6.45, 7) is 7.32. The monoisotopic (exact) mass is 514 g/mol. The first-order valence-corrected chi connectivity index (χ1v) is 12.6. The van der Waals surface area contributed by atoms with Crippen LogP contribution in [0.15, 0.2) is 36.0 Å². The van der Waals surface area contributed by atoms with E-state index in [4.69, 9.17) is 4.74 Å². The molecule has 2 aromatic heterocycles. The predicted octanol–water partition coefficient (Wildman–Crippen LogP) is 2.42. The Morgan fingerprint density at radius 1 is 1.19 bits per heavy atom. The Morgan fingerprint density at radius 3 is 2.58 bits per heavy atom. The topological polar surface area (TPSA) is 130 Å². The van der Waals surface area contributed by atoms with E-state index in [2.05, 4.69) is 15.4 Å². The molecule has 11 nitrogen and oxygen atoms in total. The summed E-state index contributed by atoms with van der Waals surface area (Å²) in [4.78, 5) is 45.5. The molecule has 1 atom stereocenters. The van der Waals surface area contributed by atoms with Crippen LogP contribution in [0.4, 0.5) is 10.5 Å². The first-order chi connectivity index (χ1) is 17.1. The lowest BCUT2D eigenvalue weighted by atomic mass is 10.1. The number of hydrogen-bond donors (Lipinski definition) is 2. The van der Waals surface area contributed by atoms with E-state index >= 15 is 0 Å². The van der Waals surface area contributed by atoms with Crippen molar-refractivity contribution in [2.45, 2.75) is 38.8 Å². The zero-order valence-electron chi connectivity index (χ0n) is 20.5. The molecule has 1 aromatic carbocycles. The second-order valence-electron chi connectivity index (χ2n) is 9.56. The molecule has 4 rings (SSSR count). The van der Waals surface area contributed by atoms with Gasteiger partial charge in [0.1, 0.15) is 5.60 Å². The van der Waals surface area contributed by atoms with Crippen molar-refractivity contribution in [1.29, 1.82) is 0 Å². The number of nitrogens with zero attached hydrogens (tertiary/aromatic N) is 5. The number of hydrogen-bond acceptors (Lipinski definition) is 9. The highest BCUT2D eigenvalue weighted by atomic mass is 32.1. The van der Waals surface area contributed by atoms with Crippen molar-refractivity contribution < 1.29 is 24.2 Å². The number of aliphatic hydroxyl groups is 1. The number of rotatable bonds is 6. The zero-order chi connectivity index (χ0) is 25.9. The molecule has 1 aliphatic rings. The van der Waals surface area contributed by atoms with Gasteiger partial charge in [-0.25, -0.2) is 9.78 Å². The minimum Gasteiger partial charge on any atom is -0.442 e. The van der Waals surface area contributed by atoms with Gasteiger partial charge in [0.2, 0.25) is 5.91 Å². The van der Waals surface area contributed by atoms with E-state index in [0.29, 0.717) is 47.8 Å². The van der Waals surface area contributed by atoms with Crippen LogP contribution in [-0.2, 0) is 9.53 Å². The molecule has 1 fully saturated rings. The third-order valence-corrected chi connectivity index (χ3v) is 6.54. The van der Waals surface area contributed by atoms with Gasteiger partial charge in [-0.3, -0.25) is 14.5 Å². The van der Waals surface area contributed by atoms with Crippen LogP contribution in [0.2, 0.25) is 0 Å². The first-order valence-electron chi connectivity index (χ1n) is 11.7. The fraction of sp³-hybridized carbons (Fsp3) is 0.458. The van der Waals surface area contributed by atoms with Gasteiger partial charge in [0.25, 0.3) is 5.91 Å². The molecular formula is C24H30N6O5S. The molecule has 1 unspecified atom stereocenters. The fourth-order valence-electron chi connectivity index (χ4n) is 4.05. The summed E-state index contributed by atoms with van der Waals surface area (Å²) < 4.78 is 6.56. The lowest BCUT2D eigenvalue weighted by Gasteiger charge is -2.38. The number of thiazole rings is 1. The standard InChI is InChI=1S/C24H30N6O5S/c1-24(2,3)35-23(34)30-19-5-4-17(12-16(19)14-26-30)27-20(32)13-18(15-31)28-7-9-29(10-8-28)22(33)21-25-6-11-36-21/h4-6,11-12,14,18,31H,7-10,13,15H2,1-3H3,(H,27,32). The maximum Gasteiger partial charge on any atom is 0.435 e. The van der Waals surface area contributed by atoms with Gasteiger partial charge in [-0.2, -0.15) is 9.78 Å². The Bertz CT molecular complexity index is 1230. The van der Waals surface area contributed by atoms with E-state index in [1.807, 2.05) is 4.90 Å². The van der Waals surface area contributed by atoms with Crippen molar-refractivity contribution in [2.75, 3.05) is 38.1 Å². The van der Waals surface area contributed by atoms with Crippen LogP contribution in [0.25, 0.3) is 10.9 Å². The Morgan fingerprint density at radius 2 is 1.94 bits per heavy atom. The van der Waals surface area contributed by atoms with E-state index in [1.165, 1.54) is 22.2 Å². The number of aromatic nitrogens is 3. The molecule has 1 saturated heterocycles. The van der Waals surface area contributed by atoms with E-state index in [-0.39, 0.29) is 30.9 Å². The van der Waals surface area contributed by atoms with Crippen LogP contribution in [0.5, 0.6) is 0 Å². The number of carbonyl (C=O) groups is 3. The lowest BCUT2D eigenvalue weighted by Crippen LogP contribution is -2.53. The normalized spacial score (nSPS) is 15.6. The predicted molar refractivity (Wildman–Crippen MR) is 135 cm³/mol. The minimum atomic E-state index is -0.643. The van der Waals surface area contributed by atoms with Gasteiger partial charge in [0.15, 0.2) is 5.01 Å². The second-order valence-corrected chi connectivity index (χ2v) is 10.5. The molecule has 0 aliphatic carbocycles. The van der Waals surface area contributed by atoms with E-state index < -0.39 is 11.7 Å². The summed E-state index contributed by atoms with van der Waals surface area (Å²) in [5.74, 6) is -0.331. The Balaban J connectivity index is 1.33. The summed E-state index contributed by atoms with van der Waals surface area (Å²) in [7, 11) is 0. The summed E-state index contributed by atoms with van der Waals surface area (Å²) in [5.41, 5.74) is 0.489. The van der Waals surface area contributed by atoms with Crippen LogP contribution in [0.3, 0.4) is 0 Å². The highest BCUT2D eigenvalue weighted by Crippen LogP contribution is 2.21. The van der Waals surface area contributed by atoms with Crippen molar-refractivity contribution in [2.24, 2.45) is 0 Å². The van der Waals surface area contributed by atoms with Gasteiger partial charge in [0, 0.05) is 61.3 Å². The van der Waals surface area contributed by atoms with Gasteiger partial charge in [-0.05, 0) is 39.0 Å². The molecule has 0 spiro atoms. The SMILES string of the molecule is CC(C)(C)OC(=O)n1ncc2cc(NC(=O)CC(CO)N3CCN(C(=O)c4nccs4)CC3)ccc21. The zero-order valence-corrected chi connectivity index (χ0v) is 21.3. The molecule has 12 heteroatoms. The van der Waals surface area contributed by atoms with Crippen LogP contribution in [0.1, 0.15) is 37.0 Å². The number of anilines is 1. The number of benzene rings is 1. The second kappa shape index (κ2) is 10.7. The van der Waals surface area contributed by atoms with Gasteiger partial charge in [-0.1, -0.05) is 0 Å². The molecule has 2 N–H and O–H groups in total. The van der Waals surface area contributed by atoms with Crippen molar-refractivity contribution >= 4 is 45.8 Å². The van der Waals surface area contributed by atoms with Crippen LogP contribution < -0.4 is 5.32 Å². The molecule has 2 amide bonds. The van der Waals surface area contributed by atoms with Gasteiger partial charge in [0.05, 0.1) is 18.3 Å². The average Bonchev–Trinajstić information content (AvgIpc) is 3.51. The maximum atomic E-state index is 12.7. The molecule has 3 heterocycles. The third kappa shape index (κ3) is 6.07. The average molecular weight is 515 g/mol. The number of carbonyl (C=O) groups excluding carboxylic acids is 3. The molecule has 1 aliphatic heterocycles. The van der Waals surface area contributed by atoms with E-state index in [1.54, 1.807) is 55.4 Å². The highest BCUT2D eigenvalue weighted by Gasteiger charge is 2.28. The fourth-order valence-corrected chi connectivity index (χ4v) is 4.65.